The van der Waals surface area contributed by atoms with E-state index in [0.717, 1.165) is 0 Å². The fourth-order valence-corrected chi connectivity index (χ4v) is 1.88. The highest BCUT2D eigenvalue weighted by molar-refractivity contribution is 7.94. The molecule has 15 heavy (non-hydrogen) atoms. The molecule has 0 saturated heterocycles. The van der Waals surface area contributed by atoms with Crippen LogP contribution < -0.4 is 0 Å². The second-order valence-electron chi connectivity index (χ2n) is 2.70. The second-order valence-corrected chi connectivity index (χ2v) is 4.54. The fourth-order valence-electron chi connectivity index (χ4n) is 0.855. The lowest BCUT2D eigenvalue weighted by Gasteiger charge is -1.99. The van der Waals surface area contributed by atoms with Crippen LogP contribution in [0.5, 0.6) is 0 Å². The number of benzene rings is 1. The van der Waals surface area contributed by atoms with Gasteiger partial charge in [0, 0.05) is 11.5 Å². The van der Waals surface area contributed by atoms with E-state index in [2.05, 4.69) is 0 Å². The van der Waals surface area contributed by atoms with Crippen molar-refractivity contribution in [2.75, 3.05) is 0 Å². The molecule has 0 atom stereocenters. The number of hydrogen-bond acceptors (Lipinski definition) is 2. The molecule has 0 heterocycles. The van der Waals surface area contributed by atoms with E-state index >= 15 is 0 Å². The van der Waals surface area contributed by atoms with E-state index in [1.54, 1.807) is 6.07 Å². The Morgan fingerprint density at radius 3 is 2.07 bits per heavy atom. The molecule has 0 aliphatic carbocycles. The number of halogens is 3. The normalized spacial score (nSPS) is 13.3. The van der Waals surface area contributed by atoms with Crippen molar-refractivity contribution in [3.05, 3.63) is 41.8 Å². The van der Waals surface area contributed by atoms with Gasteiger partial charge in [-0.3, -0.25) is 0 Å². The minimum atomic E-state index is -4.62. The van der Waals surface area contributed by atoms with Crippen LogP contribution in [0, 0.1) is 0 Å². The van der Waals surface area contributed by atoms with E-state index in [0.29, 0.717) is 0 Å². The molecule has 0 radical (unpaired) electrons. The average Bonchev–Trinajstić information content (AvgIpc) is 2.16. The summed E-state index contributed by atoms with van der Waals surface area (Å²) < 4.78 is 57.8. The van der Waals surface area contributed by atoms with Crippen molar-refractivity contribution in [1.82, 2.24) is 0 Å². The van der Waals surface area contributed by atoms with E-state index in [1.165, 1.54) is 24.3 Å². The predicted octanol–water partition coefficient (Wildman–Crippen LogP) is 2.54. The highest BCUT2D eigenvalue weighted by Gasteiger charge is 2.24. The van der Waals surface area contributed by atoms with Crippen LogP contribution >= 0.6 is 0 Å². The Kier molecular flexibility index (Phi) is 3.18. The fraction of sp³-hybridized carbons (Fsp3) is 0.111. The molecule has 0 amide bonds. The van der Waals surface area contributed by atoms with E-state index < -0.39 is 16.0 Å². The number of hydrogen-bond donors (Lipinski definition) is 0. The summed E-state index contributed by atoms with van der Waals surface area (Å²) in [6.07, 6.45) is -4.92. The Balaban J connectivity index is 3.01. The Bertz CT molecular complexity index is 446. The first-order valence-corrected chi connectivity index (χ1v) is 5.42. The number of sulfone groups is 1. The summed E-state index contributed by atoms with van der Waals surface area (Å²) >= 11 is 0. The highest BCUT2D eigenvalue weighted by atomic mass is 32.2. The van der Waals surface area contributed by atoms with Gasteiger partial charge in [-0.05, 0) is 12.1 Å². The third kappa shape index (κ3) is 3.75. The van der Waals surface area contributed by atoms with Crippen molar-refractivity contribution in [3.63, 3.8) is 0 Å². The second kappa shape index (κ2) is 4.06. The zero-order valence-corrected chi connectivity index (χ0v) is 8.22. The standard InChI is InChI=1S/C9H7F3O2S/c10-9(11,12)6-7-15(13,14)8-4-2-1-3-5-8/h1-7H/b7-6-. The summed E-state index contributed by atoms with van der Waals surface area (Å²) in [6, 6.07) is 6.92. The van der Waals surface area contributed by atoms with Gasteiger partial charge < -0.3 is 0 Å². The molecule has 0 N–H and O–H groups in total. The zero-order chi connectivity index (χ0) is 11.5. The molecule has 0 aliphatic rings. The van der Waals surface area contributed by atoms with E-state index in [4.69, 9.17) is 0 Å². The molecule has 0 unspecified atom stereocenters. The summed E-state index contributed by atoms with van der Waals surface area (Å²) in [5.74, 6) is 0. The molecule has 0 fully saturated rings. The molecule has 0 spiro atoms. The summed E-state index contributed by atoms with van der Waals surface area (Å²) in [5.41, 5.74) is 0. The first-order valence-electron chi connectivity index (χ1n) is 3.87. The van der Waals surface area contributed by atoms with Gasteiger partial charge in [0.05, 0.1) is 4.90 Å². The van der Waals surface area contributed by atoms with Crippen molar-refractivity contribution in [2.45, 2.75) is 11.1 Å². The van der Waals surface area contributed by atoms with Crippen LogP contribution in [0.1, 0.15) is 0 Å². The first kappa shape index (κ1) is 11.8. The van der Waals surface area contributed by atoms with Crippen LogP contribution in [-0.4, -0.2) is 14.6 Å². The maximum Gasteiger partial charge on any atom is 0.410 e. The van der Waals surface area contributed by atoms with Gasteiger partial charge in [-0.25, -0.2) is 8.42 Å². The molecule has 0 bridgehead atoms. The number of rotatable bonds is 2. The lowest BCUT2D eigenvalue weighted by Crippen LogP contribution is -2.04. The molecule has 0 saturated carbocycles. The topological polar surface area (TPSA) is 34.1 Å². The lowest BCUT2D eigenvalue weighted by atomic mass is 10.4. The largest absolute Gasteiger partial charge is 0.410 e. The van der Waals surface area contributed by atoms with Gasteiger partial charge >= 0.3 is 6.18 Å². The van der Waals surface area contributed by atoms with Gasteiger partial charge in [0.1, 0.15) is 0 Å². The Hall–Kier alpha value is -1.30. The first-order chi connectivity index (χ1) is 6.81. The van der Waals surface area contributed by atoms with Gasteiger partial charge in [-0.1, -0.05) is 18.2 Å². The highest BCUT2D eigenvalue weighted by Crippen LogP contribution is 2.19. The SMILES string of the molecule is O=S(=O)(/C=C\C(F)(F)F)c1ccccc1. The van der Waals surface area contributed by atoms with Gasteiger partial charge in [0.15, 0.2) is 9.84 Å². The molecule has 1 rings (SSSR count). The minimum Gasteiger partial charge on any atom is -0.219 e. The molecular weight excluding hydrogens is 229 g/mol. The minimum absolute atomic E-state index is 0.155. The Morgan fingerprint density at radius 2 is 1.60 bits per heavy atom. The smallest absolute Gasteiger partial charge is 0.219 e. The number of alkyl halides is 3. The van der Waals surface area contributed by atoms with E-state index in [-0.39, 0.29) is 16.4 Å². The number of allylic oxidation sites excluding steroid dienone is 1. The third-order valence-electron chi connectivity index (χ3n) is 1.51. The van der Waals surface area contributed by atoms with Gasteiger partial charge in [-0.2, -0.15) is 13.2 Å². The third-order valence-corrected chi connectivity index (χ3v) is 2.93. The zero-order valence-electron chi connectivity index (χ0n) is 7.40. The van der Waals surface area contributed by atoms with Crippen LogP contribution in [0.2, 0.25) is 0 Å². The molecule has 82 valence electrons. The van der Waals surface area contributed by atoms with Crippen LogP contribution in [0.3, 0.4) is 0 Å². The molecule has 1 aromatic rings. The Labute approximate surface area is 85.0 Å². The summed E-state index contributed by atoms with van der Waals surface area (Å²) in [7, 11) is -3.99. The van der Waals surface area contributed by atoms with Crippen molar-refractivity contribution in [1.29, 1.82) is 0 Å². The van der Waals surface area contributed by atoms with Crippen molar-refractivity contribution < 1.29 is 21.6 Å². The van der Waals surface area contributed by atoms with Crippen LogP contribution in [0.25, 0.3) is 0 Å². The monoisotopic (exact) mass is 236 g/mol. The molecule has 1 aromatic carbocycles. The molecule has 0 aromatic heterocycles. The molecule has 2 nitrogen and oxygen atoms in total. The summed E-state index contributed by atoms with van der Waals surface area (Å²) in [5, 5.41) is 0.155. The predicted molar refractivity (Wildman–Crippen MR) is 48.8 cm³/mol. The quantitative estimate of drug-likeness (QED) is 0.790. The maximum atomic E-state index is 11.8. The summed E-state index contributed by atoms with van der Waals surface area (Å²) in [4.78, 5) is -0.162. The molecular formula is C9H7F3O2S. The van der Waals surface area contributed by atoms with Gasteiger partial charge in [0.2, 0.25) is 0 Å². The lowest BCUT2D eigenvalue weighted by molar-refractivity contribution is -0.0797. The van der Waals surface area contributed by atoms with Crippen LogP contribution in [-0.2, 0) is 9.84 Å². The van der Waals surface area contributed by atoms with Gasteiger partial charge in [-0.15, -0.1) is 0 Å². The van der Waals surface area contributed by atoms with Crippen molar-refractivity contribution >= 4 is 9.84 Å². The van der Waals surface area contributed by atoms with E-state index in [1.807, 2.05) is 0 Å². The van der Waals surface area contributed by atoms with Crippen molar-refractivity contribution in [2.24, 2.45) is 0 Å². The van der Waals surface area contributed by atoms with E-state index in [9.17, 15) is 21.6 Å². The summed E-state index contributed by atoms with van der Waals surface area (Å²) in [6.45, 7) is 0. The van der Waals surface area contributed by atoms with Crippen molar-refractivity contribution in [3.8, 4) is 0 Å². The average molecular weight is 236 g/mol. The molecule has 0 aliphatic heterocycles. The Morgan fingerprint density at radius 1 is 1.07 bits per heavy atom. The van der Waals surface area contributed by atoms with Gasteiger partial charge in [0.25, 0.3) is 0 Å². The molecule has 6 heteroatoms. The van der Waals surface area contributed by atoms with Crippen LogP contribution in [0.15, 0.2) is 46.7 Å². The maximum absolute atomic E-state index is 11.8. The van der Waals surface area contributed by atoms with Crippen LogP contribution in [0.4, 0.5) is 13.2 Å².